The lowest BCUT2D eigenvalue weighted by Gasteiger charge is -2.45. The highest BCUT2D eigenvalue weighted by Gasteiger charge is 2.46. The van der Waals surface area contributed by atoms with Crippen molar-refractivity contribution < 1.29 is 28.5 Å². The van der Waals surface area contributed by atoms with Gasteiger partial charge in [-0.15, -0.1) is 0 Å². The van der Waals surface area contributed by atoms with Crippen LogP contribution in [0.5, 0.6) is 17.4 Å². The quantitative estimate of drug-likeness (QED) is 0.405. The molecular formula is C28H30N6O6. The number of benzene rings is 1. The molecule has 0 aliphatic carbocycles. The summed E-state index contributed by atoms with van der Waals surface area (Å²) in [6.45, 7) is 3.03. The van der Waals surface area contributed by atoms with Crippen LogP contribution in [0.1, 0.15) is 12.0 Å². The molecule has 0 radical (unpaired) electrons. The van der Waals surface area contributed by atoms with Crippen LogP contribution in [0.4, 0.5) is 5.69 Å². The van der Waals surface area contributed by atoms with E-state index in [-0.39, 0.29) is 50.8 Å². The van der Waals surface area contributed by atoms with E-state index in [1.807, 2.05) is 31.2 Å². The zero-order valence-corrected chi connectivity index (χ0v) is 22.3. The van der Waals surface area contributed by atoms with Crippen molar-refractivity contribution in [2.24, 2.45) is 5.41 Å². The second kappa shape index (κ2) is 11.6. The lowest BCUT2D eigenvalue weighted by Crippen LogP contribution is -2.60. The third kappa shape index (κ3) is 6.32. The first-order valence-corrected chi connectivity index (χ1v) is 12.8. The number of carbonyl (C=O) groups is 2. The van der Waals surface area contributed by atoms with Crippen LogP contribution in [0.15, 0.2) is 55.0 Å². The van der Waals surface area contributed by atoms with E-state index in [0.29, 0.717) is 29.5 Å². The van der Waals surface area contributed by atoms with E-state index in [1.165, 1.54) is 18.0 Å². The molecule has 3 aromatic rings. The number of likely N-dealkylation sites (tertiary alicyclic amines) is 1. The normalized spacial score (nSPS) is 19.3. The average molecular weight is 547 g/mol. The van der Waals surface area contributed by atoms with E-state index >= 15 is 0 Å². The van der Waals surface area contributed by atoms with Crippen LogP contribution in [0.2, 0.25) is 0 Å². The summed E-state index contributed by atoms with van der Waals surface area (Å²) in [6, 6.07) is 13.3. The molecule has 1 N–H and O–H groups in total. The molecule has 208 valence electrons. The van der Waals surface area contributed by atoms with E-state index < -0.39 is 11.5 Å². The Labute approximate surface area is 231 Å². The van der Waals surface area contributed by atoms with Crippen molar-refractivity contribution in [2.75, 3.05) is 38.7 Å². The lowest BCUT2D eigenvalue weighted by atomic mass is 9.82. The van der Waals surface area contributed by atoms with Crippen molar-refractivity contribution in [3.05, 3.63) is 60.6 Å². The van der Waals surface area contributed by atoms with Gasteiger partial charge in [0.25, 0.3) is 5.91 Å². The van der Waals surface area contributed by atoms with Gasteiger partial charge in [0.15, 0.2) is 0 Å². The van der Waals surface area contributed by atoms with Gasteiger partial charge in [-0.25, -0.2) is 4.98 Å². The first kappa shape index (κ1) is 27.0. The molecule has 0 unspecified atom stereocenters. The summed E-state index contributed by atoms with van der Waals surface area (Å²) in [6.07, 6.45) is 4.05. The van der Waals surface area contributed by atoms with Gasteiger partial charge < -0.3 is 29.2 Å². The van der Waals surface area contributed by atoms with E-state index in [9.17, 15) is 14.9 Å². The molecular weight excluding hydrogens is 516 g/mol. The molecule has 2 saturated heterocycles. The standard InChI is InChI=1S/C28H30N6O6/c1-19-3-5-21(6-4-19)39-18-28(15-29)16-33(17-28)26(35)13-34-12-20(11-31-34)32-27(36)24-9-23(14-38-24)40-22-7-8-30-25(10-22)37-2/h3-8,10-12,23-24H,9,13-14,16-18H2,1-2H3,(H,32,36)/t23-,24+/m0/s1. The maximum Gasteiger partial charge on any atom is 0.253 e. The molecule has 12 nitrogen and oxygen atoms in total. The van der Waals surface area contributed by atoms with Gasteiger partial charge >= 0.3 is 0 Å². The molecule has 40 heavy (non-hydrogen) atoms. The SMILES string of the molecule is COc1cc(O[C@@H]2CO[C@@H](C(=O)Nc3cnn(CC(=O)N4CC(C#N)(COc5ccc(C)cc5)C4)c3)C2)ccn1. The molecule has 2 fully saturated rings. The number of ether oxygens (including phenoxy) is 4. The van der Waals surface area contributed by atoms with Crippen LogP contribution in [-0.2, 0) is 20.9 Å². The summed E-state index contributed by atoms with van der Waals surface area (Å²) < 4.78 is 23.9. The average Bonchev–Trinajstić information content (AvgIpc) is 3.59. The molecule has 0 bridgehead atoms. The topological polar surface area (TPSA) is 141 Å². The van der Waals surface area contributed by atoms with Gasteiger partial charge in [-0.05, 0) is 25.1 Å². The number of rotatable bonds is 10. The van der Waals surface area contributed by atoms with Crippen LogP contribution in [0.3, 0.4) is 0 Å². The number of nitrogens with one attached hydrogen (secondary N) is 1. The van der Waals surface area contributed by atoms with Crippen LogP contribution >= 0.6 is 0 Å². The monoisotopic (exact) mass is 546 g/mol. The number of anilines is 1. The van der Waals surface area contributed by atoms with Gasteiger partial charge in [0.05, 0.1) is 31.7 Å². The maximum absolute atomic E-state index is 12.8. The zero-order valence-electron chi connectivity index (χ0n) is 22.3. The Morgan fingerprint density at radius 1 is 1.23 bits per heavy atom. The Morgan fingerprint density at radius 2 is 2.02 bits per heavy atom. The number of amides is 2. The van der Waals surface area contributed by atoms with Crippen molar-refractivity contribution in [1.29, 1.82) is 5.26 Å². The first-order chi connectivity index (χ1) is 19.3. The summed E-state index contributed by atoms with van der Waals surface area (Å²) >= 11 is 0. The fraction of sp³-hybridized carbons (Fsp3) is 0.393. The number of nitrogens with zero attached hydrogens (tertiary/aromatic N) is 5. The van der Waals surface area contributed by atoms with Gasteiger partial charge in [0.2, 0.25) is 11.8 Å². The fourth-order valence-corrected chi connectivity index (χ4v) is 4.52. The molecule has 0 spiro atoms. The summed E-state index contributed by atoms with van der Waals surface area (Å²) in [5.74, 6) is 1.22. The number of aromatic nitrogens is 3. The third-order valence-electron chi connectivity index (χ3n) is 6.78. The molecule has 2 amide bonds. The summed E-state index contributed by atoms with van der Waals surface area (Å²) in [5, 5.41) is 16.6. The van der Waals surface area contributed by atoms with Crippen molar-refractivity contribution in [3.63, 3.8) is 0 Å². The van der Waals surface area contributed by atoms with Gasteiger partial charge in [-0.2, -0.15) is 10.4 Å². The number of aryl methyl sites for hydroxylation is 1. The Kier molecular flexibility index (Phi) is 7.84. The number of hydrogen-bond acceptors (Lipinski definition) is 9. The second-order valence-corrected chi connectivity index (χ2v) is 9.99. The van der Waals surface area contributed by atoms with E-state index in [0.717, 1.165) is 5.56 Å². The van der Waals surface area contributed by atoms with Crippen LogP contribution < -0.4 is 19.5 Å². The molecule has 2 atom stereocenters. The van der Waals surface area contributed by atoms with Crippen LogP contribution in [-0.4, -0.2) is 77.1 Å². The molecule has 2 aliphatic heterocycles. The predicted molar refractivity (Wildman–Crippen MR) is 142 cm³/mol. The van der Waals surface area contributed by atoms with Crippen molar-refractivity contribution in [2.45, 2.75) is 32.1 Å². The Morgan fingerprint density at radius 3 is 2.77 bits per heavy atom. The highest BCUT2D eigenvalue weighted by molar-refractivity contribution is 5.94. The highest BCUT2D eigenvalue weighted by Crippen LogP contribution is 2.31. The van der Waals surface area contributed by atoms with E-state index in [1.54, 1.807) is 29.4 Å². The minimum Gasteiger partial charge on any atom is -0.492 e. The van der Waals surface area contributed by atoms with E-state index in [2.05, 4.69) is 21.5 Å². The maximum atomic E-state index is 12.8. The largest absolute Gasteiger partial charge is 0.492 e. The zero-order chi connectivity index (χ0) is 28.1. The molecule has 0 saturated carbocycles. The number of methoxy groups -OCH3 is 1. The highest BCUT2D eigenvalue weighted by atomic mass is 16.6. The number of pyridine rings is 1. The summed E-state index contributed by atoms with van der Waals surface area (Å²) in [7, 11) is 1.53. The number of hydrogen-bond donors (Lipinski definition) is 1. The first-order valence-electron chi connectivity index (χ1n) is 12.8. The molecule has 1 aromatic carbocycles. The van der Waals surface area contributed by atoms with Gasteiger partial charge in [-0.1, -0.05) is 17.7 Å². The third-order valence-corrected chi connectivity index (χ3v) is 6.78. The van der Waals surface area contributed by atoms with Gasteiger partial charge in [-0.3, -0.25) is 14.3 Å². The number of nitriles is 1. The smallest absolute Gasteiger partial charge is 0.253 e. The van der Waals surface area contributed by atoms with Crippen molar-refractivity contribution in [1.82, 2.24) is 19.7 Å². The molecule has 4 heterocycles. The molecule has 2 aromatic heterocycles. The van der Waals surface area contributed by atoms with Gasteiger partial charge in [0.1, 0.15) is 42.3 Å². The number of carbonyl (C=O) groups excluding carboxylic acids is 2. The van der Waals surface area contributed by atoms with Crippen LogP contribution in [0.25, 0.3) is 0 Å². The molecule has 12 heteroatoms. The second-order valence-electron chi connectivity index (χ2n) is 9.99. The predicted octanol–water partition coefficient (Wildman–Crippen LogP) is 2.20. The minimum atomic E-state index is -0.740. The van der Waals surface area contributed by atoms with Crippen molar-refractivity contribution >= 4 is 17.5 Å². The van der Waals surface area contributed by atoms with E-state index in [4.69, 9.17) is 18.9 Å². The fourth-order valence-electron chi connectivity index (χ4n) is 4.52. The van der Waals surface area contributed by atoms with Gasteiger partial charge in [0, 0.05) is 38.0 Å². The van der Waals surface area contributed by atoms with Crippen molar-refractivity contribution in [3.8, 4) is 23.4 Å². The summed E-state index contributed by atoms with van der Waals surface area (Å²) in [4.78, 5) is 31.1. The minimum absolute atomic E-state index is 0.0125. The Bertz CT molecular complexity index is 1390. The molecule has 5 rings (SSSR count). The van der Waals surface area contributed by atoms with Crippen LogP contribution in [0, 0.1) is 23.7 Å². The lowest BCUT2D eigenvalue weighted by molar-refractivity contribution is -0.142. The Hall–Kier alpha value is -4.63. The Balaban J connectivity index is 1.06. The molecule has 2 aliphatic rings. The summed E-state index contributed by atoms with van der Waals surface area (Å²) in [5.41, 5.74) is 0.833.